The Morgan fingerprint density at radius 3 is 2.88 bits per heavy atom. The van der Waals surface area contributed by atoms with Gasteiger partial charge in [-0.1, -0.05) is 0 Å². The van der Waals surface area contributed by atoms with Crippen LogP contribution in [-0.2, 0) is 17.8 Å². The van der Waals surface area contributed by atoms with Crippen molar-refractivity contribution in [2.75, 3.05) is 0 Å². The zero-order valence-electron chi connectivity index (χ0n) is 14.1. The molecule has 1 fully saturated rings. The number of hydrogen-bond donors (Lipinski definition) is 0. The Morgan fingerprint density at radius 1 is 1.32 bits per heavy atom. The third-order valence-electron chi connectivity index (χ3n) is 4.88. The van der Waals surface area contributed by atoms with Gasteiger partial charge in [0.25, 0.3) is 0 Å². The fourth-order valence-electron chi connectivity index (χ4n) is 3.30. The maximum absolute atomic E-state index is 12.2. The molecular weight excluding hydrogens is 312 g/mol. The van der Waals surface area contributed by atoms with Gasteiger partial charge in [-0.05, 0) is 43.5 Å². The molecule has 1 saturated carbocycles. The van der Waals surface area contributed by atoms with E-state index < -0.39 is 0 Å². The Kier molecular flexibility index (Phi) is 3.69. The highest BCUT2D eigenvalue weighted by Crippen LogP contribution is 2.48. The first-order chi connectivity index (χ1) is 12.1. The molecule has 0 bridgehead atoms. The Bertz CT molecular complexity index is 935. The number of fused-ring (bicyclic) bond motifs is 1. The van der Waals surface area contributed by atoms with Crippen LogP contribution in [0.2, 0.25) is 0 Å². The Morgan fingerprint density at radius 2 is 2.16 bits per heavy atom. The summed E-state index contributed by atoms with van der Waals surface area (Å²) in [7, 11) is 0. The molecule has 1 aliphatic heterocycles. The summed E-state index contributed by atoms with van der Waals surface area (Å²) in [5.41, 5.74) is 5.44. The number of ketones is 1. The second-order valence-corrected chi connectivity index (χ2v) is 6.97. The fourth-order valence-corrected chi connectivity index (χ4v) is 3.30. The SMILES string of the molecule is Cc1cc(C2=NCc3cc(CC(=O)CC4(C#N)CC4)ncc32)ccn1. The van der Waals surface area contributed by atoms with Crippen LogP contribution >= 0.6 is 0 Å². The molecule has 0 amide bonds. The number of carbonyl (C=O) groups excluding carboxylic acids is 1. The molecule has 1 aliphatic carbocycles. The molecule has 0 radical (unpaired) electrons. The molecule has 2 aromatic heterocycles. The van der Waals surface area contributed by atoms with Crippen LogP contribution in [0.4, 0.5) is 0 Å². The predicted octanol–water partition coefficient (Wildman–Crippen LogP) is 2.94. The van der Waals surface area contributed by atoms with E-state index in [9.17, 15) is 4.79 Å². The molecule has 0 unspecified atom stereocenters. The van der Waals surface area contributed by atoms with E-state index in [0.717, 1.165) is 46.6 Å². The lowest BCUT2D eigenvalue weighted by molar-refractivity contribution is -0.119. The van der Waals surface area contributed by atoms with Gasteiger partial charge in [-0.2, -0.15) is 5.26 Å². The number of nitrogens with zero attached hydrogens (tertiary/aromatic N) is 4. The van der Waals surface area contributed by atoms with Crippen LogP contribution in [0.15, 0.2) is 35.6 Å². The number of Topliss-reactive ketones (excluding diaryl/α,β-unsaturated/α-hetero) is 1. The number of hydrogen-bond acceptors (Lipinski definition) is 5. The highest BCUT2D eigenvalue weighted by molar-refractivity contribution is 6.15. The van der Waals surface area contributed by atoms with Crippen molar-refractivity contribution in [3.63, 3.8) is 0 Å². The second kappa shape index (κ2) is 5.89. The first-order valence-electron chi connectivity index (χ1n) is 8.47. The molecule has 0 saturated heterocycles. The van der Waals surface area contributed by atoms with Crippen LogP contribution in [0.5, 0.6) is 0 Å². The smallest absolute Gasteiger partial charge is 0.140 e. The topological polar surface area (TPSA) is 79.0 Å². The Hall–Kier alpha value is -2.87. The number of aryl methyl sites for hydroxylation is 1. The van der Waals surface area contributed by atoms with Crippen molar-refractivity contribution in [3.8, 4) is 6.07 Å². The number of nitriles is 1. The van der Waals surface area contributed by atoms with Gasteiger partial charge in [-0.15, -0.1) is 0 Å². The molecule has 5 nitrogen and oxygen atoms in total. The van der Waals surface area contributed by atoms with Gasteiger partial charge < -0.3 is 0 Å². The highest BCUT2D eigenvalue weighted by Gasteiger charge is 2.44. The number of aromatic nitrogens is 2. The average Bonchev–Trinajstić information content (AvgIpc) is 3.24. The van der Waals surface area contributed by atoms with Crippen molar-refractivity contribution in [3.05, 3.63) is 58.7 Å². The van der Waals surface area contributed by atoms with E-state index in [1.165, 1.54) is 0 Å². The molecule has 2 aromatic rings. The van der Waals surface area contributed by atoms with E-state index in [0.29, 0.717) is 19.4 Å². The van der Waals surface area contributed by atoms with Crippen molar-refractivity contribution < 1.29 is 4.79 Å². The summed E-state index contributed by atoms with van der Waals surface area (Å²) in [6.07, 6.45) is 5.93. The van der Waals surface area contributed by atoms with Gasteiger partial charge >= 0.3 is 0 Å². The predicted molar refractivity (Wildman–Crippen MR) is 93.2 cm³/mol. The summed E-state index contributed by atoms with van der Waals surface area (Å²) in [6.45, 7) is 2.57. The van der Waals surface area contributed by atoms with E-state index in [2.05, 4.69) is 21.0 Å². The second-order valence-electron chi connectivity index (χ2n) is 6.97. The molecule has 5 heteroatoms. The minimum Gasteiger partial charge on any atom is -0.299 e. The van der Waals surface area contributed by atoms with Crippen LogP contribution in [0, 0.1) is 23.7 Å². The van der Waals surface area contributed by atoms with Crippen LogP contribution in [0.25, 0.3) is 0 Å². The van der Waals surface area contributed by atoms with Crippen LogP contribution in [0.3, 0.4) is 0 Å². The lowest BCUT2D eigenvalue weighted by Crippen LogP contribution is -2.11. The first kappa shape index (κ1) is 15.6. The van der Waals surface area contributed by atoms with E-state index in [1.54, 1.807) is 6.20 Å². The van der Waals surface area contributed by atoms with Gasteiger partial charge in [-0.3, -0.25) is 19.8 Å². The van der Waals surface area contributed by atoms with Gasteiger partial charge in [0.1, 0.15) is 5.78 Å². The van der Waals surface area contributed by atoms with E-state index in [1.807, 2.05) is 31.3 Å². The van der Waals surface area contributed by atoms with Crippen molar-refractivity contribution >= 4 is 11.5 Å². The average molecular weight is 330 g/mol. The largest absolute Gasteiger partial charge is 0.299 e. The van der Waals surface area contributed by atoms with Crippen molar-refractivity contribution in [1.82, 2.24) is 9.97 Å². The molecular formula is C20H18N4O. The molecule has 0 atom stereocenters. The third kappa shape index (κ3) is 3.08. The monoisotopic (exact) mass is 330 g/mol. The molecule has 3 heterocycles. The lowest BCUT2D eigenvalue weighted by Gasteiger charge is -2.07. The highest BCUT2D eigenvalue weighted by atomic mass is 16.1. The van der Waals surface area contributed by atoms with Crippen LogP contribution in [-0.4, -0.2) is 21.5 Å². The summed E-state index contributed by atoms with van der Waals surface area (Å²) in [6, 6.07) is 8.22. The van der Waals surface area contributed by atoms with E-state index in [-0.39, 0.29) is 11.2 Å². The van der Waals surface area contributed by atoms with Gasteiger partial charge in [-0.25, -0.2) is 0 Å². The van der Waals surface area contributed by atoms with Gasteiger partial charge in [0, 0.05) is 47.8 Å². The minimum atomic E-state index is -0.386. The molecule has 0 N–H and O–H groups in total. The van der Waals surface area contributed by atoms with E-state index >= 15 is 0 Å². The summed E-state index contributed by atoms with van der Waals surface area (Å²) in [4.78, 5) is 25.6. The molecule has 124 valence electrons. The van der Waals surface area contributed by atoms with Crippen molar-refractivity contribution in [2.24, 2.45) is 10.4 Å². The van der Waals surface area contributed by atoms with Crippen molar-refractivity contribution in [1.29, 1.82) is 5.26 Å². The summed E-state index contributed by atoms with van der Waals surface area (Å²) >= 11 is 0. The molecule has 2 aliphatic rings. The minimum absolute atomic E-state index is 0.0930. The number of carbonyl (C=O) groups is 1. The number of pyridine rings is 2. The van der Waals surface area contributed by atoms with Gasteiger partial charge in [0.05, 0.1) is 23.7 Å². The molecule has 0 aromatic carbocycles. The van der Waals surface area contributed by atoms with Gasteiger partial charge in [0.2, 0.25) is 0 Å². The van der Waals surface area contributed by atoms with Crippen LogP contribution < -0.4 is 0 Å². The quantitative estimate of drug-likeness (QED) is 0.844. The zero-order valence-corrected chi connectivity index (χ0v) is 14.1. The Labute approximate surface area is 146 Å². The summed E-state index contributed by atoms with van der Waals surface area (Å²) in [5, 5.41) is 9.12. The third-order valence-corrected chi connectivity index (χ3v) is 4.88. The maximum atomic E-state index is 12.2. The van der Waals surface area contributed by atoms with Crippen molar-refractivity contribution in [2.45, 2.75) is 39.2 Å². The normalized spacial score (nSPS) is 16.7. The Balaban J connectivity index is 1.51. The summed E-state index contributed by atoms with van der Waals surface area (Å²) < 4.78 is 0. The first-order valence-corrected chi connectivity index (χ1v) is 8.47. The van der Waals surface area contributed by atoms with Crippen LogP contribution in [0.1, 0.15) is 47.3 Å². The molecule has 4 rings (SSSR count). The number of aliphatic imine (C=N–C) groups is 1. The fraction of sp³-hybridized carbons (Fsp3) is 0.350. The summed E-state index contributed by atoms with van der Waals surface area (Å²) in [5.74, 6) is 0.0930. The van der Waals surface area contributed by atoms with E-state index in [4.69, 9.17) is 5.26 Å². The standard InChI is InChI=1S/C20H18N4O/c1-13-6-14(2-5-22-13)19-18-11-23-16(7-15(18)10-24-19)8-17(25)9-20(12-21)3-4-20/h2,5-7,11H,3-4,8-10H2,1H3. The molecule has 25 heavy (non-hydrogen) atoms. The zero-order chi connectivity index (χ0) is 17.4. The van der Waals surface area contributed by atoms with Gasteiger partial charge in [0.15, 0.2) is 0 Å². The number of rotatable bonds is 5. The lowest BCUT2D eigenvalue weighted by atomic mass is 9.97. The maximum Gasteiger partial charge on any atom is 0.140 e. The molecule has 0 spiro atoms.